The Morgan fingerprint density at radius 1 is 1.17 bits per heavy atom. The lowest BCUT2D eigenvalue weighted by atomic mass is 10.2. The minimum Gasteiger partial charge on any atom is -0.484 e. The summed E-state index contributed by atoms with van der Waals surface area (Å²) in [6.07, 6.45) is 3.60. The van der Waals surface area contributed by atoms with Crippen LogP contribution in [0.3, 0.4) is 0 Å². The van der Waals surface area contributed by atoms with Gasteiger partial charge in [0.1, 0.15) is 5.75 Å². The zero-order valence-corrected chi connectivity index (χ0v) is 13.0. The number of rotatable bonds is 5. The number of hydrogen-bond donors (Lipinski definition) is 2. The van der Waals surface area contributed by atoms with Crippen LogP contribution in [-0.2, 0) is 4.79 Å². The van der Waals surface area contributed by atoms with E-state index in [1.54, 1.807) is 6.20 Å². The number of benzene rings is 2. The number of hydrogen-bond acceptors (Lipinski definition) is 3. The van der Waals surface area contributed by atoms with Crippen LogP contribution in [0.25, 0.3) is 5.69 Å². The van der Waals surface area contributed by atoms with Gasteiger partial charge in [0.05, 0.1) is 0 Å². The number of para-hydroxylation sites is 1. The second-order valence-electron chi connectivity index (χ2n) is 4.84. The summed E-state index contributed by atoms with van der Waals surface area (Å²) in [5, 5.41) is 2.81. The Hall–Kier alpha value is -2.86. The summed E-state index contributed by atoms with van der Waals surface area (Å²) >= 11 is 5.19. The lowest BCUT2D eigenvalue weighted by Gasteiger charge is -2.09. The third kappa shape index (κ3) is 3.87. The fraction of sp³-hybridized carbons (Fsp3) is 0.0588. The van der Waals surface area contributed by atoms with E-state index in [0.29, 0.717) is 16.2 Å². The molecule has 2 N–H and O–H groups in total. The van der Waals surface area contributed by atoms with Crippen molar-refractivity contribution in [2.75, 3.05) is 11.9 Å². The highest BCUT2D eigenvalue weighted by atomic mass is 32.1. The molecular formula is C17H15N3O2S. The molecule has 1 heterocycles. The van der Waals surface area contributed by atoms with Gasteiger partial charge in [-0.2, -0.15) is 0 Å². The molecule has 6 heteroatoms. The molecule has 0 radical (unpaired) electrons. The molecule has 2 aromatic carbocycles. The lowest BCUT2D eigenvalue weighted by Crippen LogP contribution is -2.20. The van der Waals surface area contributed by atoms with Crippen LogP contribution in [0.4, 0.5) is 5.69 Å². The number of ether oxygens (including phenoxy) is 1. The summed E-state index contributed by atoms with van der Waals surface area (Å²) < 4.78 is 7.85. The number of imidazole rings is 1. The van der Waals surface area contributed by atoms with E-state index in [1.807, 2.05) is 65.4 Å². The van der Waals surface area contributed by atoms with E-state index < -0.39 is 0 Å². The van der Waals surface area contributed by atoms with Crippen molar-refractivity contribution < 1.29 is 9.53 Å². The highest BCUT2D eigenvalue weighted by Crippen LogP contribution is 2.15. The topological polar surface area (TPSA) is 59.0 Å². The fourth-order valence-corrected chi connectivity index (χ4v) is 2.35. The maximum atomic E-state index is 12.0. The van der Waals surface area contributed by atoms with Gasteiger partial charge in [0.15, 0.2) is 11.4 Å². The molecule has 5 nitrogen and oxygen atoms in total. The molecule has 0 saturated carbocycles. The highest BCUT2D eigenvalue weighted by molar-refractivity contribution is 7.71. The molecule has 0 bridgehead atoms. The summed E-state index contributed by atoms with van der Waals surface area (Å²) in [6.45, 7) is -0.0438. The molecule has 1 amide bonds. The van der Waals surface area contributed by atoms with E-state index in [0.717, 1.165) is 5.69 Å². The first kappa shape index (κ1) is 15.1. The molecule has 0 saturated heterocycles. The Bertz CT molecular complexity index is 855. The maximum absolute atomic E-state index is 12.0. The van der Waals surface area contributed by atoms with Crippen LogP contribution in [0.5, 0.6) is 5.75 Å². The van der Waals surface area contributed by atoms with Gasteiger partial charge >= 0.3 is 0 Å². The molecule has 0 spiro atoms. The van der Waals surface area contributed by atoms with Crippen LogP contribution < -0.4 is 10.1 Å². The second kappa shape index (κ2) is 6.93. The van der Waals surface area contributed by atoms with Crippen molar-refractivity contribution >= 4 is 23.8 Å². The number of aromatic nitrogens is 2. The highest BCUT2D eigenvalue weighted by Gasteiger charge is 2.05. The first-order chi connectivity index (χ1) is 11.2. The van der Waals surface area contributed by atoms with Crippen LogP contribution in [-0.4, -0.2) is 22.1 Å². The van der Waals surface area contributed by atoms with Crippen LogP contribution in [0, 0.1) is 4.77 Å². The first-order valence-corrected chi connectivity index (χ1v) is 7.47. The standard InChI is InChI=1S/C17H15N3O2S/c21-16(12-22-15-7-2-1-3-8-15)19-13-5-4-6-14(11-13)20-10-9-18-17(20)23/h1-11H,12H2,(H,18,23)(H,19,21). The molecule has 3 rings (SSSR count). The van der Waals surface area contributed by atoms with E-state index in [9.17, 15) is 4.79 Å². The van der Waals surface area contributed by atoms with Crippen molar-refractivity contribution in [2.45, 2.75) is 0 Å². The van der Waals surface area contributed by atoms with Crippen molar-refractivity contribution in [1.82, 2.24) is 9.55 Å². The van der Waals surface area contributed by atoms with Gasteiger partial charge in [-0.15, -0.1) is 0 Å². The van der Waals surface area contributed by atoms with Gasteiger partial charge < -0.3 is 15.0 Å². The predicted octanol–water partition coefficient (Wildman–Crippen LogP) is 3.55. The number of carbonyl (C=O) groups is 1. The molecule has 3 aromatic rings. The van der Waals surface area contributed by atoms with E-state index in [2.05, 4.69) is 10.3 Å². The van der Waals surface area contributed by atoms with E-state index in [-0.39, 0.29) is 12.5 Å². The normalized spacial score (nSPS) is 10.3. The monoisotopic (exact) mass is 325 g/mol. The number of H-pyrrole nitrogens is 1. The average Bonchev–Trinajstić information content (AvgIpc) is 3.00. The summed E-state index contributed by atoms with van der Waals surface area (Å²) in [6, 6.07) is 16.7. The van der Waals surface area contributed by atoms with Gasteiger partial charge in [0.25, 0.3) is 5.91 Å². The molecule has 1 aromatic heterocycles. The summed E-state index contributed by atoms with van der Waals surface area (Å²) in [7, 11) is 0. The number of nitrogens with one attached hydrogen (secondary N) is 2. The Labute approximate surface area is 138 Å². The summed E-state index contributed by atoms with van der Waals surface area (Å²) in [5.41, 5.74) is 1.56. The Morgan fingerprint density at radius 3 is 2.74 bits per heavy atom. The SMILES string of the molecule is O=C(COc1ccccc1)Nc1cccc(-n2cc[nH]c2=S)c1. The van der Waals surface area contributed by atoms with Gasteiger partial charge in [-0.3, -0.25) is 9.36 Å². The molecule has 0 fully saturated rings. The Kier molecular flexibility index (Phi) is 4.54. The predicted molar refractivity (Wildman–Crippen MR) is 91.5 cm³/mol. The third-order valence-electron chi connectivity index (χ3n) is 3.17. The minimum atomic E-state index is -0.219. The largest absolute Gasteiger partial charge is 0.484 e. The summed E-state index contributed by atoms with van der Waals surface area (Å²) in [5.74, 6) is 0.443. The molecule has 0 aliphatic carbocycles. The Balaban J connectivity index is 1.65. The molecule has 0 unspecified atom stereocenters. The number of anilines is 1. The van der Waals surface area contributed by atoms with Crippen LogP contribution in [0.15, 0.2) is 67.0 Å². The van der Waals surface area contributed by atoms with Gasteiger partial charge in [-0.1, -0.05) is 24.3 Å². The van der Waals surface area contributed by atoms with Crippen molar-refractivity contribution in [2.24, 2.45) is 0 Å². The third-order valence-corrected chi connectivity index (χ3v) is 3.48. The molecule has 0 aliphatic heterocycles. The van der Waals surface area contributed by atoms with Crippen molar-refractivity contribution in [3.05, 3.63) is 71.8 Å². The van der Waals surface area contributed by atoms with Gasteiger partial charge in [-0.25, -0.2) is 0 Å². The van der Waals surface area contributed by atoms with E-state index >= 15 is 0 Å². The van der Waals surface area contributed by atoms with Crippen molar-refractivity contribution in [1.29, 1.82) is 0 Å². The number of amides is 1. The lowest BCUT2D eigenvalue weighted by molar-refractivity contribution is -0.118. The zero-order chi connectivity index (χ0) is 16.1. The quantitative estimate of drug-likeness (QED) is 0.705. The van der Waals surface area contributed by atoms with Crippen molar-refractivity contribution in [3.63, 3.8) is 0 Å². The second-order valence-corrected chi connectivity index (χ2v) is 5.22. The van der Waals surface area contributed by atoms with Gasteiger partial charge in [-0.05, 0) is 42.5 Å². The van der Waals surface area contributed by atoms with Crippen LogP contribution in [0.1, 0.15) is 0 Å². The summed E-state index contributed by atoms with van der Waals surface area (Å²) in [4.78, 5) is 14.9. The van der Waals surface area contributed by atoms with Crippen LogP contribution in [0.2, 0.25) is 0 Å². The average molecular weight is 325 g/mol. The maximum Gasteiger partial charge on any atom is 0.262 e. The van der Waals surface area contributed by atoms with E-state index in [4.69, 9.17) is 17.0 Å². The number of aromatic amines is 1. The van der Waals surface area contributed by atoms with Crippen molar-refractivity contribution in [3.8, 4) is 11.4 Å². The first-order valence-electron chi connectivity index (χ1n) is 7.06. The molecule has 0 aliphatic rings. The Morgan fingerprint density at radius 2 is 2.00 bits per heavy atom. The molecule has 0 atom stereocenters. The number of carbonyl (C=O) groups excluding carboxylic acids is 1. The fourth-order valence-electron chi connectivity index (χ4n) is 2.12. The van der Waals surface area contributed by atoms with Gasteiger partial charge in [0.2, 0.25) is 0 Å². The number of nitrogens with zero attached hydrogens (tertiary/aromatic N) is 1. The minimum absolute atomic E-state index is 0.0438. The molecular weight excluding hydrogens is 310 g/mol. The van der Waals surface area contributed by atoms with Crippen LogP contribution >= 0.6 is 12.2 Å². The van der Waals surface area contributed by atoms with Gasteiger partial charge in [0, 0.05) is 23.8 Å². The van der Waals surface area contributed by atoms with E-state index in [1.165, 1.54) is 0 Å². The molecule has 116 valence electrons. The molecule has 23 heavy (non-hydrogen) atoms. The zero-order valence-electron chi connectivity index (χ0n) is 12.2. The smallest absolute Gasteiger partial charge is 0.262 e.